The largest absolute Gasteiger partial charge is 0.444 e. The summed E-state index contributed by atoms with van der Waals surface area (Å²) in [6, 6.07) is 6.94. The van der Waals surface area contributed by atoms with Crippen molar-refractivity contribution in [3.05, 3.63) is 35.4 Å². The molecule has 1 aromatic carbocycles. The summed E-state index contributed by atoms with van der Waals surface area (Å²) in [5, 5.41) is 0. The third-order valence-electron chi connectivity index (χ3n) is 3.82. The molecule has 1 heterocycles. The lowest BCUT2D eigenvalue weighted by atomic mass is 10.1. The minimum atomic E-state index is -0.528. The van der Waals surface area contributed by atoms with Crippen LogP contribution in [-0.2, 0) is 4.74 Å². The highest BCUT2D eigenvalue weighted by Crippen LogP contribution is 2.17. The molecule has 0 aromatic heterocycles. The highest BCUT2D eigenvalue weighted by atomic mass is 16.6. The average molecular weight is 328 g/mol. The second kappa shape index (κ2) is 6.96. The van der Waals surface area contributed by atoms with Gasteiger partial charge < -0.3 is 14.5 Å². The standard InChI is InChI=1S/C19H24N2O3/c1-6-15-8-7-9-16(12-15)17(22)20-10-11-21(14(2)13-20)18(23)24-19(3,4)5/h1,7-9,12,14H,10-11,13H2,2-5H3/t14-/m1/s1. The van der Waals surface area contributed by atoms with Gasteiger partial charge in [0.05, 0.1) is 0 Å². The van der Waals surface area contributed by atoms with E-state index in [2.05, 4.69) is 5.92 Å². The van der Waals surface area contributed by atoms with E-state index in [1.54, 1.807) is 34.1 Å². The van der Waals surface area contributed by atoms with E-state index in [-0.39, 0.29) is 18.0 Å². The van der Waals surface area contributed by atoms with Crippen molar-refractivity contribution in [1.82, 2.24) is 9.80 Å². The minimum absolute atomic E-state index is 0.0669. The Bertz CT molecular complexity index is 670. The summed E-state index contributed by atoms with van der Waals surface area (Å²) in [4.78, 5) is 28.3. The van der Waals surface area contributed by atoms with Crippen molar-refractivity contribution < 1.29 is 14.3 Å². The molecule has 2 amide bonds. The Morgan fingerprint density at radius 1 is 1.29 bits per heavy atom. The van der Waals surface area contributed by atoms with Gasteiger partial charge in [-0.05, 0) is 45.9 Å². The van der Waals surface area contributed by atoms with Gasteiger partial charge in [-0.3, -0.25) is 4.79 Å². The molecule has 1 aliphatic heterocycles. The lowest BCUT2D eigenvalue weighted by Crippen LogP contribution is -2.56. The van der Waals surface area contributed by atoms with Crippen LogP contribution in [0.15, 0.2) is 24.3 Å². The molecule has 2 rings (SSSR count). The van der Waals surface area contributed by atoms with Crippen LogP contribution in [-0.4, -0.2) is 53.1 Å². The molecule has 1 fully saturated rings. The first-order chi connectivity index (χ1) is 11.2. The summed E-state index contributed by atoms with van der Waals surface area (Å²) in [5.41, 5.74) is 0.726. The lowest BCUT2D eigenvalue weighted by Gasteiger charge is -2.40. The first-order valence-electron chi connectivity index (χ1n) is 8.07. The second-order valence-electron chi connectivity index (χ2n) is 7.00. The van der Waals surface area contributed by atoms with Gasteiger partial charge in [0.2, 0.25) is 0 Å². The maximum absolute atomic E-state index is 12.6. The Morgan fingerprint density at radius 3 is 2.58 bits per heavy atom. The molecule has 1 aliphatic rings. The van der Waals surface area contributed by atoms with Gasteiger partial charge in [0.25, 0.3) is 5.91 Å². The van der Waals surface area contributed by atoms with Crippen LogP contribution in [0.4, 0.5) is 4.79 Å². The summed E-state index contributed by atoms with van der Waals surface area (Å²) >= 11 is 0. The Kier molecular flexibility index (Phi) is 5.18. The quantitative estimate of drug-likeness (QED) is 0.745. The summed E-state index contributed by atoms with van der Waals surface area (Å²) in [5.74, 6) is 2.47. The van der Waals surface area contributed by atoms with E-state index < -0.39 is 5.60 Å². The summed E-state index contributed by atoms with van der Waals surface area (Å²) in [6.45, 7) is 8.84. The molecule has 0 unspecified atom stereocenters. The topological polar surface area (TPSA) is 49.9 Å². The number of nitrogens with zero attached hydrogens (tertiary/aromatic N) is 2. The molecular formula is C19H24N2O3. The van der Waals surface area contributed by atoms with Crippen molar-refractivity contribution >= 4 is 12.0 Å². The number of ether oxygens (including phenoxy) is 1. The predicted molar refractivity (Wildman–Crippen MR) is 92.7 cm³/mol. The molecule has 24 heavy (non-hydrogen) atoms. The van der Waals surface area contributed by atoms with Crippen molar-refractivity contribution in [2.45, 2.75) is 39.3 Å². The zero-order chi connectivity index (χ0) is 17.9. The Labute approximate surface area is 143 Å². The zero-order valence-electron chi connectivity index (χ0n) is 14.7. The summed E-state index contributed by atoms with van der Waals surface area (Å²) < 4.78 is 5.42. The van der Waals surface area contributed by atoms with Gasteiger partial charge in [0.15, 0.2) is 0 Å². The number of benzene rings is 1. The van der Waals surface area contributed by atoms with Crippen LogP contribution in [0.1, 0.15) is 43.6 Å². The SMILES string of the molecule is C#Cc1cccc(C(=O)N2CCN(C(=O)OC(C)(C)C)[C@H](C)C2)c1. The van der Waals surface area contributed by atoms with Gasteiger partial charge in [0.1, 0.15) is 5.60 Å². The number of rotatable bonds is 1. The third kappa shape index (κ3) is 4.29. The van der Waals surface area contributed by atoms with Crippen molar-refractivity contribution in [2.75, 3.05) is 19.6 Å². The zero-order valence-corrected chi connectivity index (χ0v) is 14.7. The van der Waals surface area contributed by atoms with E-state index >= 15 is 0 Å². The molecule has 1 atom stereocenters. The smallest absolute Gasteiger partial charge is 0.410 e. The molecule has 1 saturated heterocycles. The van der Waals surface area contributed by atoms with Crippen LogP contribution in [0.5, 0.6) is 0 Å². The van der Waals surface area contributed by atoms with Crippen LogP contribution in [0.25, 0.3) is 0 Å². The van der Waals surface area contributed by atoms with E-state index in [0.717, 1.165) is 0 Å². The fraction of sp³-hybridized carbons (Fsp3) is 0.474. The predicted octanol–water partition coefficient (Wildman–Crippen LogP) is 2.75. The second-order valence-corrected chi connectivity index (χ2v) is 7.00. The molecule has 128 valence electrons. The molecule has 0 aliphatic carbocycles. The Morgan fingerprint density at radius 2 is 2.00 bits per heavy atom. The molecule has 0 spiro atoms. The first-order valence-corrected chi connectivity index (χ1v) is 8.07. The van der Waals surface area contributed by atoms with E-state index in [1.807, 2.05) is 27.7 Å². The van der Waals surface area contributed by atoms with Crippen LogP contribution in [0, 0.1) is 12.3 Å². The van der Waals surface area contributed by atoms with Gasteiger partial charge in [0, 0.05) is 36.8 Å². The number of amides is 2. The van der Waals surface area contributed by atoms with E-state index in [0.29, 0.717) is 30.8 Å². The van der Waals surface area contributed by atoms with Gasteiger partial charge in [-0.15, -0.1) is 6.42 Å². The van der Waals surface area contributed by atoms with Crippen LogP contribution >= 0.6 is 0 Å². The van der Waals surface area contributed by atoms with E-state index in [9.17, 15) is 9.59 Å². The molecule has 0 radical (unpaired) electrons. The highest BCUT2D eigenvalue weighted by molar-refractivity contribution is 5.94. The fourth-order valence-electron chi connectivity index (χ4n) is 2.66. The molecule has 0 saturated carbocycles. The third-order valence-corrected chi connectivity index (χ3v) is 3.82. The Hall–Kier alpha value is -2.48. The maximum atomic E-state index is 12.6. The van der Waals surface area contributed by atoms with Crippen molar-refractivity contribution in [1.29, 1.82) is 0 Å². The highest BCUT2D eigenvalue weighted by Gasteiger charge is 2.32. The number of piperazine rings is 1. The van der Waals surface area contributed by atoms with Crippen LogP contribution in [0.2, 0.25) is 0 Å². The maximum Gasteiger partial charge on any atom is 0.410 e. The lowest BCUT2D eigenvalue weighted by molar-refractivity contribution is 0.00198. The van der Waals surface area contributed by atoms with Crippen molar-refractivity contribution in [3.63, 3.8) is 0 Å². The van der Waals surface area contributed by atoms with Crippen LogP contribution in [0.3, 0.4) is 0 Å². The minimum Gasteiger partial charge on any atom is -0.444 e. The van der Waals surface area contributed by atoms with Gasteiger partial charge in [-0.2, -0.15) is 0 Å². The van der Waals surface area contributed by atoms with Gasteiger partial charge >= 0.3 is 6.09 Å². The normalized spacial score (nSPS) is 18.0. The summed E-state index contributed by atoms with van der Waals surface area (Å²) in [6.07, 6.45) is 5.05. The average Bonchev–Trinajstić information content (AvgIpc) is 2.52. The molecule has 0 N–H and O–H groups in total. The van der Waals surface area contributed by atoms with Crippen molar-refractivity contribution in [3.8, 4) is 12.3 Å². The number of terminal acetylenes is 1. The fourth-order valence-corrected chi connectivity index (χ4v) is 2.66. The Balaban J connectivity index is 2.03. The number of carbonyl (C=O) groups excluding carboxylic acids is 2. The van der Waals surface area contributed by atoms with E-state index in [1.165, 1.54) is 0 Å². The van der Waals surface area contributed by atoms with Crippen LogP contribution < -0.4 is 0 Å². The first kappa shape index (κ1) is 17.9. The molecule has 5 nitrogen and oxygen atoms in total. The number of hydrogen-bond acceptors (Lipinski definition) is 3. The number of hydrogen-bond donors (Lipinski definition) is 0. The van der Waals surface area contributed by atoms with Crippen molar-refractivity contribution in [2.24, 2.45) is 0 Å². The van der Waals surface area contributed by atoms with E-state index in [4.69, 9.17) is 11.2 Å². The van der Waals surface area contributed by atoms with Gasteiger partial charge in [-0.1, -0.05) is 12.0 Å². The molecule has 0 bridgehead atoms. The number of carbonyl (C=O) groups is 2. The molecule has 1 aromatic rings. The molecule has 5 heteroatoms. The van der Waals surface area contributed by atoms with Gasteiger partial charge in [-0.25, -0.2) is 4.79 Å². The summed E-state index contributed by atoms with van der Waals surface area (Å²) in [7, 11) is 0. The molecular weight excluding hydrogens is 304 g/mol. The monoisotopic (exact) mass is 328 g/mol.